The van der Waals surface area contributed by atoms with Gasteiger partial charge in [-0.2, -0.15) is 0 Å². The molecule has 19 heavy (non-hydrogen) atoms. The van der Waals surface area contributed by atoms with E-state index in [1.165, 1.54) is 18.2 Å². The fraction of sp³-hybridized carbons (Fsp3) is 0.385. The van der Waals surface area contributed by atoms with Gasteiger partial charge in [-0.25, -0.2) is 4.39 Å². The van der Waals surface area contributed by atoms with Crippen molar-refractivity contribution in [2.45, 2.75) is 12.5 Å². The average molecular weight is 266 g/mol. The molecule has 1 amide bonds. The predicted octanol–water partition coefficient (Wildman–Crippen LogP) is 0.495. The maximum atomic E-state index is 13.6. The number of para-hydroxylation sites is 1. The Morgan fingerprint density at radius 2 is 2.32 bits per heavy atom. The first-order valence-electron chi connectivity index (χ1n) is 6.03. The van der Waals surface area contributed by atoms with E-state index in [0.29, 0.717) is 6.42 Å². The molecule has 102 valence electrons. The van der Waals surface area contributed by atoms with Crippen molar-refractivity contribution in [1.29, 1.82) is 0 Å². The molecule has 0 spiro atoms. The summed E-state index contributed by atoms with van der Waals surface area (Å²) in [6, 6.07) is 3.52. The van der Waals surface area contributed by atoms with E-state index in [2.05, 4.69) is 10.6 Å². The number of rotatable bonds is 3. The minimum atomic E-state index is -0.677. The Bertz CT molecular complexity index is 505. The summed E-state index contributed by atoms with van der Waals surface area (Å²) in [4.78, 5) is 23.8. The van der Waals surface area contributed by atoms with Crippen LogP contribution in [0.5, 0.6) is 5.75 Å². The van der Waals surface area contributed by atoms with Gasteiger partial charge in [0.05, 0.1) is 24.8 Å². The normalized spacial score (nSPS) is 18.2. The van der Waals surface area contributed by atoms with E-state index in [0.717, 1.165) is 0 Å². The number of hydrogen-bond donors (Lipinski definition) is 2. The van der Waals surface area contributed by atoms with Crippen molar-refractivity contribution >= 4 is 11.7 Å². The van der Waals surface area contributed by atoms with Crippen molar-refractivity contribution in [3.63, 3.8) is 0 Å². The second-order valence-corrected chi connectivity index (χ2v) is 4.27. The molecule has 6 heteroatoms. The highest BCUT2D eigenvalue weighted by Gasteiger charge is 2.29. The van der Waals surface area contributed by atoms with Crippen LogP contribution in [0.15, 0.2) is 18.2 Å². The number of ether oxygens (including phenoxy) is 1. The first kappa shape index (κ1) is 13.5. The van der Waals surface area contributed by atoms with Gasteiger partial charge in [0, 0.05) is 6.42 Å². The fourth-order valence-corrected chi connectivity index (χ4v) is 1.99. The molecule has 0 aliphatic carbocycles. The van der Waals surface area contributed by atoms with Crippen molar-refractivity contribution in [2.24, 2.45) is 0 Å². The molecule has 1 aliphatic rings. The monoisotopic (exact) mass is 266 g/mol. The third-order valence-electron chi connectivity index (χ3n) is 2.87. The van der Waals surface area contributed by atoms with Crippen molar-refractivity contribution in [3.8, 4) is 5.75 Å². The highest BCUT2D eigenvalue weighted by molar-refractivity contribution is 6.04. The predicted molar refractivity (Wildman–Crippen MR) is 66.7 cm³/mol. The van der Waals surface area contributed by atoms with Gasteiger partial charge in [-0.1, -0.05) is 6.07 Å². The van der Waals surface area contributed by atoms with E-state index in [-0.39, 0.29) is 36.2 Å². The summed E-state index contributed by atoms with van der Waals surface area (Å²) in [7, 11) is 1.64. The number of Topliss-reactive ketones (excluding diaryl/α,β-unsaturated/α-hetero) is 1. The first-order valence-corrected chi connectivity index (χ1v) is 6.03. The maximum Gasteiger partial charge on any atom is 0.234 e. The lowest BCUT2D eigenvalue weighted by atomic mass is 10.0. The van der Waals surface area contributed by atoms with Gasteiger partial charge in [-0.3, -0.25) is 9.59 Å². The van der Waals surface area contributed by atoms with Gasteiger partial charge in [0.1, 0.15) is 0 Å². The van der Waals surface area contributed by atoms with Crippen molar-refractivity contribution < 1.29 is 18.7 Å². The van der Waals surface area contributed by atoms with Crippen molar-refractivity contribution in [2.75, 3.05) is 20.2 Å². The second kappa shape index (κ2) is 5.79. The number of likely N-dealkylation sites (N-methyl/N-ethyl adjacent to an activating group) is 1. The largest absolute Gasteiger partial charge is 0.490 e. The van der Waals surface area contributed by atoms with Gasteiger partial charge in [-0.05, 0) is 19.2 Å². The standard InChI is InChI=1S/C13H15FN2O3/c1-15-7-11(17)16-10-5-6-19-13-8(12(10)18)3-2-4-9(13)14/h2-4,10,15H,5-7H2,1H3,(H,16,17). The number of halogens is 1. The van der Waals surface area contributed by atoms with Gasteiger partial charge in [-0.15, -0.1) is 0 Å². The van der Waals surface area contributed by atoms with Crippen LogP contribution in [0.3, 0.4) is 0 Å². The molecule has 0 aromatic heterocycles. The molecular weight excluding hydrogens is 251 g/mol. The Hall–Kier alpha value is -1.95. The highest BCUT2D eigenvalue weighted by Crippen LogP contribution is 2.27. The third kappa shape index (κ3) is 2.90. The number of amides is 1. The number of carbonyl (C=O) groups excluding carboxylic acids is 2. The molecule has 0 saturated carbocycles. The van der Waals surface area contributed by atoms with Crippen LogP contribution in [0.1, 0.15) is 16.8 Å². The summed E-state index contributed by atoms with van der Waals surface area (Å²) in [5, 5.41) is 5.32. The van der Waals surface area contributed by atoms with Crippen LogP contribution >= 0.6 is 0 Å². The molecule has 0 bridgehead atoms. The Morgan fingerprint density at radius 1 is 1.53 bits per heavy atom. The van der Waals surface area contributed by atoms with Crippen LogP contribution in [0.2, 0.25) is 0 Å². The van der Waals surface area contributed by atoms with Crippen molar-refractivity contribution in [1.82, 2.24) is 10.6 Å². The fourth-order valence-electron chi connectivity index (χ4n) is 1.99. The minimum Gasteiger partial charge on any atom is -0.490 e. The topological polar surface area (TPSA) is 67.4 Å². The number of hydrogen-bond acceptors (Lipinski definition) is 4. The molecule has 1 atom stereocenters. The summed E-state index contributed by atoms with van der Waals surface area (Å²) in [6.45, 7) is 0.310. The number of benzene rings is 1. The Balaban J connectivity index is 2.21. The molecule has 1 aliphatic heterocycles. The van der Waals surface area contributed by atoms with E-state index < -0.39 is 11.9 Å². The Labute approximate surface area is 110 Å². The molecule has 2 N–H and O–H groups in total. The Morgan fingerprint density at radius 3 is 3.05 bits per heavy atom. The number of carbonyl (C=O) groups is 2. The van der Waals surface area contributed by atoms with E-state index >= 15 is 0 Å². The van der Waals surface area contributed by atoms with Gasteiger partial charge in [0.15, 0.2) is 17.3 Å². The number of nitrogens with one attached hydrogen (secondary N) is 2. The van der Waals surface area contributed by atoms with E-state index in [1.807, 2.05) is 0 Å². The summed E-state index contributed by atoms with van der Waals surface area (Å²) in [5.74, 6) is -1.19. The minimum absolute atomic E-state index is 0.0298. The summed E-state index contributed by atoms with van der Waals surface area (Å²) >= 11 is 0. The Kier molecular flexibility index (Phi) is 4.11. The molecule has 2 rings (SSSR count). The smallest absolute Gasteiger partial charge is 0.234 e. The van der Waals surface area contributed by atoms with Crippen LogP contribution < -0.4 is 15.4 Å². The molecule has 1 unspecified atom stereocenters. The van der Waals surface area contributed by atoms with Gasteiger partial charge < -0.3 is 15.4 Å². The van der Waals surface area contributed by atoms with Crippen molar-refractivity contribution in [3.05, 3.63) is 29.6 Å². The SMILES string of the molecule is CNCC(=O)NC1CCOc2c(F)cccc2C1=O. The number of ketones is 1. The maximum absolute atomic E-state index is 13.6. The average Bonchev–Trinajstić information content (AvgIpc) is 2.53. The molecular formula is C13H15FN2O3. The quantitative estimate of drug-likeness (QED) is 0.836. The lowest BCUT2D eigenvalue weighted by Crippen LogP contribution is -2.44. The van der Waals surface area contributed by atoms with Gasteiger partial charge in [0.25, 0.3) is 0 Å². The van der Waals surface area contributed by atoms with Crippen LogP contribution in [0.25, 0.3) is 0 Å². The van der Waals surface area contributed by atoms with Crippen LogP contribution in [0, 0.1) is 5.82 Å². The van der Waals surface area contributed by atoms with Gasteiger partial charge >= 0.3 is 0 Å². The summed E-state index contributed by atoms with van der Waals surface area (Å²) < 4.78 is 18.8. The highest BCUT2D eigenvalue weighted by atomic mass is 19.1. The van der Waals surface area contributed by atoms with E-state index in [4.69, 9.17) is 4.74 Å². The molecule has 1 aromatic carbocycles. The lowest BCUT2D eigenvalue weighted by molar-refractivity contribution is -0.120. The van der Waals surface area contributed by atoms with Crippen LogP contribution in [-0.4, -0.2) is 37.9 Å². The van der Waals surface area contributed by atoms with Crippen LogP contribution in [0.4, 0.5) is 4.39 Å². The third-order valence-corrected chi connectivity index (χ3v) is 2.87. The van der Waals surface area contributed by atoms with E-state index in [9.17, 15) is 14.0 Å². The summed E-state index contributed by atoms with van der Waals surface area (Å²) in [5.41, 5.74) is 0.173. The van der Waals surface area contributed by atoms with Gasteiger partial charge in [0.2, 0.25) is 5.91 Å². The zero-order chi connectivity index (χ0) is 13.8. The molecule has 1 aromatic rings. The second-order valence-electron chi connectivity index (χ2n) is 4.27. The van der Waals surface area contributed by atoms with E-state index in [1.54, 1.807) is 7.05 Å². The summed E-state index contributed by atoms with van der Waals surface area (Å²) in [6.07, 6.45) is 0.322. The molecule has 0 fully saturated rings. The first-order chi connectivity index (χ1) is 9.13. The zero-order valence-electron chi connectivity index (χ0n) is 10.5. The lowest BCUT2D eigenvalue weighted by Gasteiger charge is -2.14. The molecule has 0 saturated heterocycles. The molecule has 0 radical (unpaired) electrons. The molecule has 5 nitrogen and oxygen atoms in total. The number of fused-ring (bicyclic) bond motifs is 1. The molecule has 1 heterocycles. The zero-order valence-corrected chi connectivity index (χ0v) is 10.5. The van der Waals surface area contributed by atoms with Crippen LogP contribution in [-0.2, 0) is 4.79 Å².